The molecule has 3 rings (SSSR count). The van der Waals surface area contributed by atoms with Gasteiger partial charge in [0.05, 0.1) is 17.9 Å². The number of rotatable bonds is 12. The normalized spacial score (nSPS) is 17.3. The van der Waals surface area contributed by atoms with Crippen LogP contribution in [0.4, 0.5) is 13.2 Å². The van der Waals surface area contributed by atoms with E-state index in [9.17, 15) is 13.2 Å². The van der Waals surface area contributed by atoms with E-state index in [0.717, 1.165) is 25.7 Å². The number of allylic oxidation sites excluding steroid dienone is 2. The Bertz CT molecular complexity index is 937. The van der Waals surface area contributed by atoms with Crippen molar-refractivity contribution in [3.63, 3.8) is 0 Å². The molecule has 12 heteroatoms. The summed E-state index contributed by atoms with van der Waals surface area (Å²) >= 11 is 0. The first-order valence-electron chi connectivity index (χ1n) is 11.3. The van der Waals surface area contributed by atoms with Crippen molar-refractivity contribution in [3.8, 4) is 0 Å². The number of imidazole rings is 1. The molecule has 0 aliphatic carbocycles. The van der Waals surface area contributed by atoms with Gasteiger partial charge in [-0.3, -0.25) is 0 Å². The molecule has 2 aromatic heterocycles. The predicted molar refractivity (Wildman–Crippen MR) is 120 cm³/mol. The van der Waals surface area contributed by atoms with Crippen LogP contribution in [0.5, 0.6) is 0 Å². The van der Waals surface area contributed by atoms with Crippen LogP contribution in [0.15, 0.2) is 18.2 Å². The standard InChI is InChI=1S/C21H28F3N4O3Si2/c1-2-3-4-5-6-7-8-9-10-11-15(16-12-13-32-33-31-30-29-16)17-18-19(26-14-25-18)28-20(27-17)21(22,23)24/h12-15H,2-11H2,1H3,(H,25,26,27,28)/b16-12-,32-13?. The summed E-state index contributed by atoms with van der Waals surface area (Å²) in [7, 11) is 0.480. The minimum atomic E-state index is -4.69. The Labute approximate surface area is 195 Å². The lowest BCUT2D eigenvalue weighted by Crippen LogP contribution is -2.18. The van der Waals surface area contributed by atoms with E-state index in [-0.39, 0.29) is 20.6 Å². The molecule has 1 N–H and O–H groups in total. The van der Waals surface area contributed by atoms with Crippen LogP contribution >= 0.6 is 0 Å². The lowest BCUT2D eigenvalue weighted by Gasteiger charge is -2.20. The molecule has 2 aromatic rings. The first kappa shape index (κ1) is 25.7. The van der Waals surface area contributed by atoms with Gasteiger partial charge in [-0.15, -0.1) is 0 Å². The minimum absolute atomic E-state index is 0.0275. The fourth-order valence-electron chi connectivity index (χ4n) is 3.76. The van der Waals surface area contributed by atoms with E-state index in [2.05, 4.69) is 26.9 Å². The molecule has 179 valence electrons. The summed E-state index contributed by atoms with van der Waals surface area (Å²) in [6.45, 7) is 2.20. The van der Waals surface area contributed by atoms with Crippen LogP contribution in [-0.2, 0) is 20.7 Å². The van der Waals surface area contributed by atoms with Gasteiger partial charge in [0.15, 0.2) is 11.4 Å². The number of aromatic amines is 1. The fourth-order valence-corrected chi connectivity index (χ4v) is 4.90. The van der Waals surface area contributed by atoms with E-state index in [1.54, 1.807) is 6.08 Å². The lowest BCUT2D eigenvalue weighted by molar-refractivity contribution is -0.450. The summed E-state index contributed by atoms with van der Waals surface area (Å²) in [6.07, 6.45) is 9.22. The van der Waals surface area contributed by atoms with Crippen molar-refractivity contribution >= 4 is 34.8 Å². The van der Waals surface area contributed by atoms with Crippen LogP contribution in [0.3, 0.4) is 0 Å². The van der Waals surface area contributed by atoms with E-state index in [0.29, 0.717) is 26.3 Å². The monoisotopic (exact) mass is 497 g/mol. The van der Waals surface area contributed by atoms with E-state index >= 15 is 0 Å². The summed E-state index contributed by atoms with van der Waals surface area (Å²) in [5.74, 6) is -1.42. The Morgan fingerprint density at radius 3 is 2.48 bits per heavy atom. The van der Waals surface area contributed by atoms with Crippen molar-refractivity contribution in [2.24, 2.45) is 0 Å². The number of fused-ring (bicyclic) bond motifs is 1. The van der Waals surface area contributed by atoms with Gasteiger partial charge in [-0.1, -0.05) is 70.4 Å². The molecular weight excluding hydrogens is 469 g/mol. The highest BCUT2D eigenvalue weighted by molar-refractivity contribution is 6.99. The maximum Gasteiger partial charge on any atom is 0.451 e. The second-order valence-electron chi connectivity index (χ2n) is 7.92. The van der Waals surface area contributed by atoms with Crippen LogP contribution in [0.2, 0.25) is 0 Å². The molecule has 0 spiro atoms. The first-order valence-corrected chi connectivity index (χ1v) is 14.3. The molecule has 3 heterocycles. The maximum absolute atomic E-state index is 13.5. The number of alkyl halides is 3. The molecule has 1 unspecified atom stereocenters. The number of hydrogen-bond donors (Lipinski definition) is 1. The van der Waals surface area contributed by atoms with Gasteiger partial charge in [-0.05, 0) is 17.5 Å². The lowest BCUT2D eigenvalue weighted by atomic mass is 9.93. The van der Waals surface area contributed by atoms with Crippen LogP contribution in [0.1, 0.15) is 88.6 Å². The zero-order valence-electron chi connectivity index (χ0n) is 18.6. The highest BCUT2D eigenvalue weighted by Gasteiger charge is 2.37. The fraction of sp³-hybridized carbons (Fsp3) is 0.619. The third-order valence-corrected chi connectivity index (χ3v) is 7.14. The zero-order chi connectivity index (χ0) is 23.5. The van der Waals surface area contributed by atoms with Gasteiger partial charge in [0, 0.05) is 8.65 Å². The van der Waals surface area contributed by atoms with Gasteiger partial charge in [0.1, 0.15) is 5.52 Å². The average Bonchev–Trinajstić information content (AvgIpc) is 3.24. The number of aromatic nitrogens is 4. The van der Waals surface area contributed by atoms with Crippen LogP contribution in [0, 0.1) is 0 Å². The minimum Gasteiger partial charge on any atom is -0.342 e. The molecule has 0 saturated carbocycles. The maximum atomic E-state index is 13.5. The van der Waals surface area contributed by atoms with Crippen molar-refractivity contribution in [1.82, 2.24) is 19.9 Å². The van der Waals surface area contributed by atoms with Crippen molar-refractivity contribution in [2.45, 2.75) is 83.2 Å². The van der Waals surface area contributed by atoms with Crippen molar-refractivity contribution in [1.29, 1.82) is 0 Å². The highest BCUT2D eigenvalue weighted by Crippen LogP contribution is 2.36. The summed E-state index contributed by atoms with van der Waals surface area (Å²) in [5, 5.41) is 4.81. The number of H-pyrrole nitrogens is 1. The molecule has 0 saturated heterocycles. The van der Waals surface area contributed by atoms with Crippen LogP contribution in [-0.4, -0.2) is 43.5 Å². The van der Waals surface area contributed by atoms with Crippen molar-refractivity contribution in [3.05, 3.63) is 29.7 Å². The van der Waals surface area contributed by atoms with E-state index in [4.69, 9.17) is 14.5 Å². The first-order chi connectivity index (χ1) is 16.0. The Balaban J connectivity index is 1.76. The molecule has 1 aliphatic heterocycles. The molecule has 0 amide bonds. The number of hydrogen-bond acceptors (Lipinski definition) is 6. The van der Waals surface area contributed by atoms with Crippen LogP contribution < -0.4 is 0 Å². The van der Waals surface area contributed by atoms with Gasteiger partial charge in [0.25, 0.3) is 9.28 Å². The molecule has 1 aliphatic rings. The topological polar surface area (TPSA) is 82.2 Å². The summed E-state index contributed by atoms with van der Waals surface area (Å²) < 4.78 is 45.4. The SMILES string of the molecule is CCCCCCCCCCCC(/C1=C/C=[Si][Si]OOO1)c1nc(C(F)(F)F)nc2nc[nH]c12. The van der Waals surface area contributed by atoms with E-state index in [1.165, 1.54) is 38.4 Å². The van der Waals surface area contributed by atoms with Crippen molar-refractivity contribution < 1.29 is 27.7 Å². The summed E-state index contributed by atoms with van der Waals surface area (Å²) in [5.41, 5.74) is 2.41. The number of halogens is 3. The molecule has 1 atom stereocenters. The Morgan fingerprint density at radius 1 is 1.03 bits per heavy atom. The zero-order valence-corrected chi connectivity index (χ0v) is 20.6. The van der Waals surface area contributed by atoms with Gasteiger partial charge >= 0.3 is 6.18 Å². The quantitative estimate of drug-likeness (QED) is 0.247. The van der Waals surface area contributed by atoms with Gasteiger partial charge in [-0.2, -0.15) is 13.2 Å². The predicted octanol–water partition coefficient (Wildman–Crippen LogP) is 5.19. The van der Waals surface area contributed by atoms with Gasteiger partial charge in [-0.25, -0.2) is 19.5 Å². The second kappa shape index (κ2) is 13.1. The largest absolute Gasteiger partial charge is 0.451 e. The van der Waals surface area contributed by atoms with Crippen molar-refractivity contribution in [2.75, 3.05) is 0 Å². The molecule has 0 fully saturated rings. The van der Waals surface area contributed by atoms with Crippen LogP contribution in [0.25, 0.3) is 11.2 Å². The third kappa shape index (κ3) is 7.83. The Kier molecular flexibility index (Phi) is 10.2. The summed E-state index contributed by atoms with van der Waals surface area (Å²) in [4.78, 5) is 19.6. The molecule has 3 radical (unpaired) electrons. The second-order valence-corrected chi connectivity index (χ2v) is 10.4. The Hall–Kier alpha value is -1.90. The number of unbranched alkanes of at least 4 members (excludes halogenated alkanes) is 8. The molecule has 0 aromatic carbocycles. The molecule has 7 nitrogen and oxygen atoms in total. The van der Waals surface area contributed by atoms with E-state index in [1.807, 2.05) is 5.67 Å². The Morgan fingerprint density at radius 2 is 1.76 bits per heavy atom. The average molecular weight is 498 g/mol. The smallest absolute Gasteiger partial charge is 0.342 e. The van der Waals surface area contributed by atoms with Gasteiger partial charge < -0.3 is 9.87 Å². The summed E-state index contributed by atoms with van der Waals surface area (Å²) in [6, 6.07) is 0. The third-order valence-electron chi connectivity index (χ3n) is 5.43. The number of nitrogens with one attached hydrogen (secondary N) is 1. The van der Waals surface area contributed by atoms with Gasteiger partial charge in [0.2, 0.25) is 5.82 Å². The molecule has 33 heavy (non-hydrogen) atoms. The highest BCUT2D eigenvalue weighted by atomic mass is 29.1. The number of nitrogens with zero attached hydrogens (tertiary/aromatic N) is 3. The molecular formula is C21H28F3N4O3Si2. The molecule has 0 bridgehead atoms. The van der Waals surface area contributed by atoms with E-state index < -0.39 is 17.9 Å².